The number of ether oxygens (including phenoxy) is 1. The predicted molar refractivity (Wildman–Crippen MR) is 197 cm³/mol. The van der Waals surface area contributed by atoms with Gasteiger partial charge in [0, 0.05) is 58.3 Å². The minimum atomic E-state index is -0.528. The number of hydrogen-bond donors (Lipinski definition) is 3. The van der Waals surface area contributed by atoms with Crippen molar-refractivity contribution in [2.75, 3.05) is 39.3 Å². The van der Waals surface area contributed by atoms with Crippen LogP contribution in [0.5, 0.6) is 0 Å². The number of likely N-dealkylation sites (tertiary alicyclic amines) is 2. The van der Waals surface area contributed by atoms with Crippen LogP contribution in [0.3, 0.4) is 0 Å². The van der Waals surface area contributed by atoms with Crippen LogP contribution in [0.1, 0.15) is 84.6 Å². The summed E-state index contributed by atoms with van der Waals surface area (Å²) in [5.74, 6) is -0.197. The van der Waals surface area contributed by atoms with E-state index in [2.05, 4.69) is 10.6 Å². The number of fused-ring (bicyclic) bond motifs is 4. The van der Waals surface area contributed by atoms with E-state index < -0.39 is 23.7 Å². The van der Waals surface area contributed by atoms with Crippen LogP contribution in [0.4, 0.5) is 14.4 Å². The second-order valence-corrected chi connectivity index (χ2v) is 16.3. The lowest BCUT2D eigenvalue weighted by Gasteiger charge is -2.35. The van der Waals surface area contributed by atoms with Crippen molar-refractivity contribution >= 4 is 35.9 Å². The third kappa shape index (κ3) is 9.61. The number of rotatable bonds is 7. The Labute approximate surface area is 322 Å². The van der Waals surface area contributed by atoms with Crippen LogP contribution in [-0.4, -0.2) is 152 Å². The summed E-state index contributed by atoms with van der Waals surface area (Å²) in [4.78, 5) is 86.2. The molecule has 0 aromatic heterocycles. The van der Waals surface area contributed by atoms with Crippen LogP contribution in [0.2, 0.25) is 0 Å². The van der Waals surface area contributed by atoms with Gasteiger partial charge < -0.3 is 35.0 Å². The van der Waals surface area contributed by atoms with Gasteiger partial charge in [-0.05, 0) is 77.7 Å². The quantitative estimate of drug-likeness (QED) is 0.351. The van der Waals surface area contributed by atoms with E-state index in [9.17, 15) is 34.0 Å². The van der Waals surface area contributed by atoms with E-state index >= 15 is 0 Å². The Hall–Kier alpha value is -4.64. The van der Waals surface area contributed by atoms with Crippen LogP contribution < -0.4 is 10.6 Å². The molecule has 6 saturated heterocycles. The largest absolute Gasteiger partial charge is 0.444 e. The van der Waals surface area contributed by atoms with Gasteiger partial charge in [0.15, 0.2) is 0 Å². The molecular weight excluding hydrogens is 712 g/mol. The van der Waals surface area contributed by atoms with Crippen molar-refractivity contribution < 1.29 is 43.5 Å². The van der Waals surface area contributed by atoms with Gasteiger partial charge in [-0.25, -0.2) is 19.4 Å². The van der Waals surface area contributed by atoms with Crippen molar-refractivity contribution in [2.24, 2.45) is 0 Å². The molecular formula is C38H56N8O9. The molecule has 7 rings (SSSR count). The average molecular weight is 769 g/mol. The smallest absolute Gasteiger partial charge is 0.410 e. The second-order valence-electron chi connectivity index (χ2n) is 16.3. The Morgan fingerprint density at radius 2 is 1.24 bits per heavy atom. The van der Waals surface area contributed by atoms with Crippen molar-refractivity contribution in [3.8, 4) is 0 Å². The highest BCUT2D eigenvalue weighted by Crippen LogP contribution is 2.31. The zero-order valence-corrected chi connectivity index (χ0v) is 32.4. The van der Waals surface area contributed by atoms with Gasteiger partial charge in [0.2, 0.25) is 17.7 Å². The predicted octanol–water partition coefficient (Wildman–Crippen LogP) is 2.67. The van der Waals surface area contributed by atoms with E-state index in [-0.39, 0.29) is 54.0 Å². The van der Waals surface area contributed by atoms with Crippen LogP contribution in [0.15, 0.2) is 30.3 Å². The molecule has 6 fully saturated rings. The number of hydrogen-bond acceptors (Lipinski definition) is 9. The third-order valence-electron chi connectivity index (χ3n) is 11.3. The highest BCUT2D eigenvalue weighted by Gasteiger charge is 2.49. The van der Waals surface area contributed by atoms with Gasteiger partial charge in [-0.1, -0.05) is 30.3 Å². The Kier molecular flexibility index (Phi) is 12.4. The topological polar surface area (TPSA) is 185 Å². The third-order valence-corrected chi connectivity index (χ3v) is 11.3. The molecule has 55 heavy (non-hydrogen) atoms. The summed E-state index contributed by atoms with van der Waals surface area (Å²) in [6, 6.07) is 7.86. The van der Waals surface area contributed by atoms with Gasteiger partial charge in [-0.15, -0.1) is 0 Å². The minimum Gasteiger partial charge on any atom is -0.444 e. The second kappa shape index (κ2) is 17.0. The van der Waals surface area contributed by atoms with Gasteiger partial charge in [0.25, 0.3) is 0 Å². The maximum absolute atomic E-state index is 12.9. The molecule has 0 saturated carbocycles. The summed E-state index contributed by atoms with van der Waals surface area (Å²) in [5, 5.41) is 18.0. The first kappa shape index (κ1) is 40.0. The van der Waals surface area contributed by atoms with Crippen LogP contribution in [0, 0.1) is 0 Å². The SMILES string of the molecule is CC(=O)N1CCC(NC(=O)[C@@H]2CC[C@@H]3CN2C(=O)N3OCc2ccccc2)CC1.CC(C)(C)OC(=O)N1CCC(NC(=O)[C@@H]2CC[C@@H]3CN2C(=O)N3O)CC1. The first-order valence-electron chi connectivity index (χ1n) is 19.6. The molecule has 17 nitrogen and oxygen atoms in total. The van der Waals surface area contributed by atoms with E-state index in [1.807, 2.05) is 51.1 Å². The lowest BCUT2D eigenvalue weighted by Crippen LogP contribution is -2.54. The number of nitrogens with zero attached hydrogens (tertiary/aromatic N) is 6. The van der Waals surface area contributed by atoms with Gasteiger partial charge in [0.05, 0.1) is 12.1 Å². The number of urea groups is 2. The Morgan fingerprint density at radius 3 is 1.78 bits per heavy atom. The fraction of sp³-hybridized carbons (Fsp3) is 0.684. The molecule has 302 valence electrons. The van der Waals surface area contributed by atoms with E-state index in [0.717, 1.165) is 29.9 Å². The number of amides is 8. The zero-order chi connectivity index (χ0) is 39.4. The molecule has 6 aliphatic rings. The number of benzene rings is 1. The Morgan fingerprint density at radius 1 is 0.727 bits per heavy atom. The number of hydroxylamine groups is 4. The normalized spacial score (nSPS) is 25.8. The van der Waals surface area contributed by atoms with E-state index in [1.54, 1.807) is 21.6 Å². The van der Waals surface area contributed by atoms with Gasteiger partial charge in [0.1, 0.15) is 24.3 Å². The lowest BCUT2D eigenvalue weighted by atomic mass is 9.99. The van der Waals surface area contributed by atoms with Crippen molar-refractivity contribution in [3.05, 3.63) is 35.9 Å². The van der Waals surface area contributed by atoms with E-state index in [0.29, 0.717) is 78.0 Å². The summed E-state index contributed by atoms with van der Waals surface area (Å²) >= 11 is 0. The Balaban J connectivity index is 0.000000188. The lowest BCUT2D eigenvalue weighted by molar-refractivity contribution is -0.140. The maximum Gasteiger partial charge on any atom is 0.410 e. The number of nitrogens with one attached hydrogen (secondary N) is 2. The molecule has 1 aromatic carbocycles. The van der Waals surface area contributed by atoms with Crippen molar-refractivity contribution in [1.82, 2.24) is 40.4 Å². The summed E-state index contributed by atoms with van der Waals surface area (Å²) in [7, 11) is 0. The van der Waals surface area contributed by atoms with Gasteiger partial charge >= 0.3 is 18.2 Å². The monoisotopic (exact) mass is 768 g/mol. The molecule has 1 aromatic rings. The van der Waals surface area contributed by atoms with Crippen molar-refractivity contribution in [3.63, 3.8) is 0 Å². The number of carbonyl (C=O) groups excluding carboxylic acids is 6. The summed E-state index contributed by atoms with van der Waals surface area (Å²) in [6.07, 6.45) is 5.04. The summed E-state index contributed by atoms with van der Waals surface area (Å²) in [5.41, 5.74) is 0.479. The van der Waals surface area contributed by atoms with Gasteiger partial charge in [-0.3, -0.25) is 24.4 Å². The molecule has 0 aliphatic carbocycles. The summed E-state index contributed by atoms with van der Waals surface area (Å²) in [6.45, 7) is 10.7. The molecule has 0 unspecified atom stereocenters. The first-order chi connectivity index (χ1) is 26.2. The number of carbonyl (C=O) groups is 6. The molecule has 4 atom stereocenters. The fourth-order valence-electron chi connectivity index (χ4n) is 8.18. The minimum absolute atomic E-state index is 0.00549. The average Bonchev–Trinajstić information content (AvgIpc) is 3.53. The molecule has 17 heteroatoms. The molecule has 4 bridgehead atoms. The van der Waals surface area contributed by atoms with Crippen LogP contribution >= 0.6 is 0 Å². The molecule has 6 heterocycles. The van der Waals surface area contributed by atoms with E-state index in [1.165, 1.54) is 9.96 Å². The van der Waals surface area contributed by atoms with E-state index in [4.69, 9.17) is 9.57 Å². The first-order valence-corrected chi connectivity index (χ1v) is 19.6. The van der Waals surface area contributed by atoms with Crippen LogP contribution in [0.25, 0.3) is 0 Å². The molecule has 0 radical (unpaired) electrons. The van der Waals surface area contributed by atoms with Crippen LogP contribution in [-0.2, 0) is 30.6 Å². The van der Waals surface area contributed by atoms with Crippen molar-refractivity contribution in [2.45, 2.75) is 128 Å². The van der Waals surface area contributed by atoms with Gasteiger partial charge in [-0.2, -0.15) is 5.06 Å². The number of piperidine rings is 4. The molecule has 0 spiro atoms. The summed E-state index contributed by atoms with van der Waals surface area (Å²) < 4.78 is 5.37. The van der Waals surface area contributed by atoms with Crippen molar-refractivity contribution in [1.29, 1.82) is 0 Å². The molecule has 6 aliphatic heterocycles. The zero-order valence-electron chi connectivity index (χ0n) is 32.4. The molecule has 3 N–H and O–H groups in total. The Bertz CT molecular complexity index is 1570. The highest BCUT2D eigenvalue weighted by atomic mass is 16.7. The maximum atomic E-state index is 12.9. The fourth-order valence-corrected chi connectivity index (χ4v) is 8.18. The highest BCUT2D eigenvalue weighted by molar-refractivity contribution is 5.89. The standard InChI is InChI=1S/C21H28N4O4.C17H28N4O5/c1-15(26)23-11-9-17(10-12-23)22-20(27)19-8-7-18-13-24(19)21(28)25(18)29-14-16-5-3-2-4-6-16;1-17(2,3)26-16(24)19-8-6-11(7-9-19)18-14(22)13-5-4-12-10-20(13)15(23)21(12)25/h2-6,17-19H,7-14H2,1H3,(H,22,27);11-13,25H,4-10H2,1-3H3,(H,18,22)/t18-,19+;12-,13+/m11/s1. The molecule has 8 amide bonds.